The lowest BCUT2D eigenvalue weighted by atomic mass is 9.49. The maximum atomic E-state index is 13.0. The molecular formula is C12H23B5F6N2O2. The van der Waals surface area contributed by atoms with E-state index in [1.54, 1.807) is 31.4 Å². The lowest BCUT2D eigenvalue weighted by Gasteiger charge is -2.62. The van der Waals surface area contributed by atoms with Crippen molar-refractivity contribution in [1.29, 1.82) is 0 Å². The van der Waals surface area contributed by atoms with E-state index in [0.29, 0.717) is 0 Å². The van der Waals surface area contributed by atoms with Crippen molar-refractivity contribution in [2.45, 2.75) is 54.8 Å². The molecule has 0 aromatic carbocycles. The molecule has 1 saturated heterocycles. The minimum absolute atomic E-state index is 0.0711. The Kier molecular flexibility index (Phi) is 5.90. The molecule has 4 nitrogen and oxygen atoms in total. The van der Waals surface area contributed by atoms with Crippen LogP contribution in [0.1, 0.15) is 20.8 Å². The molecule has 1 heterocycles. The molecule has 0 spiro atoms. The van der Waals surface area contributed by atoms with Gasteiger partial charge in [-0.3, -0.25) is 0 Å². The predicted octanol–water partition coefficient (Wildman–Crippen LogP) is -2.17. The standard InChI is InChI=1S/C12H23B5F6N2O2/c1-7(2,3)25-8(13,14)4-24(5-9(25,15)16)6(26)27-10(17,11(18,19)20)12(21,22)23/h4-5,13-17H2,1-3H3. The molecule has 1 aliphatic rings. The Bertz CT molecular complexity index is 558. The van der Waals surface area contributed by atoms with Crippen LogP contribution in [-0.4, -0.2) is 102 Å². The first-order chi connectivity index (χ1) is 11.6. The van der Waals surface area contributed by atoms with E-state index in [4.69, 9.17) is 0 Å². The summed E-state index contributed by atoms with van der Waals surface area (Å²) in [7, 11) is 6.96. The summed E-state index contributed by atoms with van der Waals surface area (Å²) in [5.41, 5.74) is -4.91. The van der Waals surface area contributed by atoms with Gasteiger partial charge in [-0.2, -0.15) is 26.3 Å². The number of ether oxygens (including phenoxy) is 1. The van der Waals surface area contributed by atoms with Crippen LogP contribution in [0.5, 0.6) is 0 Å². The second-order valence-electron chi connectivity index (χ2n) is 9.38. The molecule has 1 rings (SSSR count). The second-order valence-corrected chi connectivity index (χ2v) is 9.38. The zero-order chi connectivity index (χ0) is 21.9. The lowest BCUT2D eigenvalue weighted by molar-refractivity contribution is -0.331. The van der Waals surface area contributed by atoms with Crippen molar-refractivity contribution in [2.24, 2.45) is 0 Å². The maximum absolute atomic E-state index is 13.0. The Morgan fingerprint density at radius 1 is 0.889 bits per heavy atom. The van der Waals surface area contributed by atoms with Crippen molar-refractivity contribution in [2.75, 3.05) is 13.1 Å². The summed E-state index contributed by atoms with van der Waals surface area (Å²) in [5, 5.41) is -1.40. The molecule has 15 heteroatoms. The van der Waals surface area contributed by atoms with Gasteiger partial charge in [0.2, 0.25) is 0 Å². The average molecular weight is 395 g/mol. The van der Waals surface area contributed by atoms with Gasteiger partial charge in [0.05, 0.1) is 0 Å². The Morgan fingerprint density at radius 3 is 1.48 bits per heavy atom. The van der Waals surface area contributed by atoms with Gasteiger partial charge >= 0.3 is 18.4 Å². The summed E-state index contributed by atoms with van der Waals surface area (Å²) < 4.78 is 82.2. The Labute approximate surface area is 159 Å². The molecule has 0 radical (unpaired) electrons. The van der Waals surface area contributed by atoms with Gasteiger partial charge in [-0.05, 0) is 31.4 Å². The normalized spacial score (nSPS) is 21.7. The van der Waals surface area contributed by atoms with Crippen molar-refractivity contribution in [3.8, 4) is 0 Å². The van der Waals surface area contributed by atoms with Crippen LogP contribution in [0.3, 0.4) is 0 Å². The largest absolute Gasteiger partial charge is 0.433 e. The maximum Gasteiger partial charge on any atom is 0.428 e. The van der Waals surface area contributed by atoms with E-state index in [1.807, 2.05) is 20.8 Å². The average Bonchev–Trinajstić information content (AvgIpc) is 2.30. The quantitative estimate of drug-likeness (QED) is 0.375. The van der Waals surface area contributed by atoms with Gasteiger partial charge in [-0.15, -0.1) is 0 Å². The minimum atomic E-state index is -5.79. The first-order valence-corrected chi connectivity index (χ1v) is 8.48. The molecule has 0 saturated carbocycles. The number of hydrogen-bond donors (Lipinski definition) is 0. The fourth-order valence-corrected chi connectivity index (χ4v) is 4.41. The van der Waals surface area contributed by atoms with Crippen LogP contribution in [-0.2, 0) is 4.74 Å². The summed E-state index contributed by atoms with van der Waals surface area (Å²) in [5.74, 6) is 0. The van der Waals surface area contributed by atoms with E-state index < -0.39 is 34.6 Å². The molecule has 0 aliphatic carbocycles. The highest BCUT2D eigenvalue weighted by Gasteiger charge is 2.71. The zero-order valence-corrected chi connectivity index (χ0v) is 16.9. The van der Waals surface area contributed by atoms with Crippen molar-refractivity contribution in [3.05, 3.63) is 0 Å². The molecule has 1 fully saturated rings. The molecular weight excluding hydrogens is 372 g/mol. The highest BCUT2D eigenvalue weighted by Crippen LogP contribution is 2.44. The van der Waals surface area contributed by atoms with E-state index in [2.05, 4.69) is 9.64 Å². The van der Waals surface area contributed by atoms with Gasteiger partial charge in [-0.25, -0.2) is 4.79 Å². The topological polar surface area (TPSA) is 32.8 Å². The molecule has 0 unspecified atom stereocenters. The van der Waals surface area contributed by atoms with Crippen molar-refractivity contribution in [1.82, 2.24) is 9.80 Å². The lowest BCUT2D eigenvalue weighted by Crippen LogP contribution is -2.78. The van der Waals surface area contributed by atoms with E-state index in [-0.39, 0.29) is 26.5 Å². The Hall–Kier alpha value is -0.865. The van der Waals surface area contributed by atoms with E-state index in [9.17, 15) is 31.1 Å². The molecule has 0 atom stereocenters. The van der Waals surface area contributed by atoms with Crippen LogP contribution in [0, 0.1) is 0 Å². The number of halogens is 6. The number of piperazine rings is 1. The smallest absolute Gasteiger partial charge is 0.428 e. The number of alkyl halides is 6. The van der Waals surface area contributed by atoms with Gasteiger partial charge in [0.25, 0.3) is 5.50 Å². The number of rotatable bonds is 1. The van der Waals surface area contributed by atoms with Crippen molar-refractivity contribution < 1.29 is 35.9 Å². The number of carbonyl (C=O) groups is 1. The van der Waals surface area contributed by atoms with Gasteiger partial charge in [0.1, 0.15) is 31.4 Å². The second kappa shape index (κ2) is 6.59. The summed E-state index contributed by atoms with van der Waals surface area (Å²) in [6, 6.07) is 0. The highest BCUT2D eigenvalue weighted by atomic mass is 19.4. The van der Waals surface area contributed by atoms with Crippen LogP contribution < -0.4 is 0 Å². The van der Waals surface area contributed by atoms with Crippen molar-refractivity contribution >= 4 is 45.3 Å². The van der Waals surface area contributed by atoms with E-state index in [1.165, 1.54) is 0 Å². The van der Waals surface area contributed by atoms with Crippen LogP contribution in [0.15, 0.2) is 0 Å². The van der Waals surface area contributed by atoms with Crippen LogP contribution >= 0.6 is 0 Å². The third kappa shape index (κ3) is 4.59. The molecule has 0 aromatic rings. The summed E-state index contributed by atoms with van der Waals surface area (Å²) in [6.07, 6.45) is -13.2. The van der Waals surface area contributed by atoms with E-state index in [0.717, 1.165) is 4.90 Å². The van der Waals surface area contributed by atoms with Crippen LogP contribution in [0.4, 0.5) is 31.1 Å². The monoisotopic (exact) mass is 396 g/mol. The number of nitrogens with zero attached hydrogens (tertiary/aromatic N) is 2. The molecule has 0 N–H and O–H groups in total. The molecule has 1 aliphatic heterocycles. The fourth-order valence-electron chi connectivity index (χ4n) is 4.41. The third-order valence-corrected chi connectivity index (χ3v) is 4.67. The molecule has 150 valence electrons. The SMILES string of the molecule is BC1(B)CN(C(=O)OC(B)(C(F)(F)F)C(F)(F)F)CC(B)(B)N1C(C)(C)C. The third-order valence-electron chi connectivity index (χ3n) is 4.67. The Balaban J connectivity index is 3.21. The van der Waals surface area contributed by atoms with Crippen LogP contribution in [0.2, 0.25) is 0 Å². The van der Waals surface area contributed by atoms with E-state index >= 15 is 0 Å². The predicted molar refractivity (Wildman–Crippen MR) is 103 cm³/mol. The fraction of sp³-hybridized carbons (Fsp3) is 0.917. The molecule has 1 amide bonds. The first-order valence-electron chi connectivity index (χ1n) is 8.48. The van der Waals surface area contributed by atoms with Crippen LogP contribution in [0.25, 0.3) is 0 Å². The molecule has 27 heavy (non-hydrogen) atoms. The summed E-state index contributed by atoms with van der Waals surface area (Å²) >= 11 is 0. The van der Waals surface area contributed by atoms with Gasteiger partial charge in [0.15, 0.2) is 7.85 Å². The van der Waals surface area contributed by atoms with Gasteiger partial charge < -0.3 is 14.5 Å². The highest BCUT2D eigenvalue weighted by molar-refractivity contribution is 6.45. The van der Waals surface area contributed by atoms with Gasteiger partial charge in [0, 0.05) is 18.6 Å². The summed E-state index contributed by atoms with van der Waals surface area (Å²) in [6.45, 7) is 5.72. The van der Waals surface area contributed by atoms with Crippen molar-refractivity contribution in [3.63, 3.8) is 0 Å². The first kappa shape index (κ1) is 24.2. The number of hydrogen-bond acceptors (Lipinski definition) is 3. The van der Waals surface area contributed by atoms with Gasteiger partial charge in [-0.1, -0.05) is 0 Å². The summed E-state index contributed by atoms with van der Waals surface area (Å²) in [4.78, 5) is 15.3. The number of amides is 1. The zero-order valence-electron chi connectivity index (χ0n) is 16.9. The minimum Gasteiger partial charge on any atom is -0.433 e. The molecule has 0 bridgehead atoms. The molecule has 0 aromatic heterocycles. The Morgan fingerprint density at radius 2 is 1.22 bits per heavy atom. The number of carbonyl (C=O) groups excluding carboxylic acids is 1.